The van der Waals surface area contributed by atoms with Gasteiger partial charge in [0.1, 0.15) is 21.9 Å². The van der Waals surface area contributed by atoms with E-state index in [1.54, 1.807) is 24.8 Å². The van der Waals surface area contributed by atoms with Gasteiger partial charge in [-0.3, -0.25) is 4.79 Å². The molecule has 3 aromatic rings. The summed E-state index contributed by atoms with van der Waals surface area (Å²) in [6, 6.07) is 5.95. The summed E-state index contributed by atoms with van der Waals surface area (Å²) in [6.45, 7) is 6.45. The van der Waals surface area contributed by atoms with Crippen LogP contribution in [0, 0.1) is 0 Å². The molecule has 0 saturated carbocycles. The highest BCUT2D eigenvalue weighted by atomic mass is 32.2. The number of hydrogen-bond donors (Lipinski definition) is 1. The minimum absolute atomic E-state index is 0.00882. The van der Waals surface area contributed by atoms with Gasteiger partial charge in [-0.25, -0.2) is 9.97 Å². The van der Waals surface area contributed by atoms with Crippen molar-refractivity contribution in [3.05, 3.63) is 40.5 Å². The Kier molecular flexibility index (Phi) is 6.02. The minimum atomic E-state index is -0.0692. The lowest BCUT2D eigenvalue weighted by Gasteiger charge is -2.21. The molecule has 158 valence electrons. The Balaban J connectivity index is 1.52. The van der Waals surface area contributed by atoms with Gasteiger partial charge in [0.05, 0.1) is 18.6 Å². The van der Waals surface area contributed by atoms with Crippen LogP contribution in [0.2, 0.25) is 0 Å². The average molecular weight is 442 g/mol. The van der Waals surface area contributed by atoms with Crippen LogP contribution in [0.5, 0.6) is 5.75 Å². The summed E-state index contributed by atoms with van der Waals surface area (Å²) in [5.74, 6) is 0.887. The first-order valence-corrected chi connectivity index (χ1v) is 12.0. The predicted molar refractivity (Wildman–Crippen MR) is 125 cm³/mol. The molecule has 0 radical (unpaired) electrons. The molecule has 0 aliphatic heterocycles. The summed E-state index contributed by atoms with van der Waals surface area (Å²) in [5, 5.41) is 5.09. The molecular formula is C23H27N3O2S2. The maximum atomic E-state index is 12.7. The Bertz CT molecular complexity index is 1090. The molecule has 0 unspecified atom stereocenters. The van der Waals surface area contributed by atoms with Gasteiger partial charge in [0.15, 0.2) is 0 Å². The molecule has 1 aliphatic rings. The van der Waals surface area contributed by atoms with Crippen LogP contribution in [0.25, 0.3) is 10.2 Å². The molecule has 7 heteroatoms. The van der Waals surface area contributed by atoms with Crippen LogP contribution < -0.4 is 10.1 Å². The molecule has 0 bridgehead atoms. The molecule has 1 N–H and O–H groups in total. The second kappa shape index (κ2) is 8.55. The van der Waals surface area contributed by atoms with Gasteiger partial charge in [-0.1, -0.05) is 38.6 Å². The number of aryl methyl sites for hydroxylation is 2. The highest BCUT2D eigenvalue weighted by Crippen LogP contribution is 2.39. The van der Waals surface area contributed by atoms with Crippen LogP contribution in [0.4, 0.5) is 5.69 Å². The quantitative estimate of drug-likeness (QED) is 0.412. The van der Waals surface area contributed by atoms with Crippen LogP contribution in [-0.2, 0) is 23.1 Å². The molecule has 0 atom stereocenters. The number of anilines is 1. The molecule has 0 spiro atoms. The second-order valence-electron chi connectivity index (χ2n) is 8.57. The number of fused-ring (bicyclic) bond motifs is 3. The summed E-state index contributed by atoms with van der Waals surface area (Å²) >= 11 is 3.26. The van der Waals surface area contributed by atoms with E-state index in [2.05, 4.69) is 36.1 Å². The van der Waals surface area contributed by atoms with Gasteiger partial charge >= 0.3 is 0 Å². The van der Waals surface area contributed by atoms with Gasteiger partial charge in [0.25, 0.3) is 0 Å². The van der Waals surface area contributed by atoms with Crippen molar-refractivity contribution in [1.82, 2.24) is 9.97 Å². The zero-order valence-corrected chi connectivity index (χ0v) is 19.5. The molecule has 1 aliphatic carbocycles. The number of rotatable bonds is 5. The van der Waals surface area contributed by atoms with Crippen LogP contribution in [0.1, 0.15) is 49.6 Å². The van der Waals surface area contributed by atoms with Gasteiger partial charge in [-0.2, -0.15) is 0 Å². The Morgan fingerprint density at radius 1 is 1.23 bits per heavy atom. The number of nitrogens with one attached hydrogen (secondary N) is 1. The number of amides is 1. The van der Waals surface area contributed by atoms with E-state index in [0.717, 1.165) is 33.6 Å². The number of carbonyl (C=O) groups excluding carboxylic acids is 1. The number of carbonyl (C=O) groups is 1. The third-order valence-electron chi connectivity index (χ3n) is 5.40. The van der Waals surface area contributed by atoms with E-state index in [4.69, 9.17) is 4.74 Å². The van der Waals surface area contributed by atoms with Crippen LogP contribution in [-0.4, -0.2) is 28.7 Å². The molecular weight excluding hydrogens is 414 g/mol. The molecule has 2 aromatic heterocycles. The van der Waals surface area contributed by atoms with Crippen LogP contribution in [0.3, 0.4) is 0 Å². The topological polar surface area (TPSA) is 64.1 Å². The van der Waals surface area contributed by atoms with Crippen LogP contribution >= 0.6 is 23.1 Å². The van der Waals surface area contributed by atoms with Crippen molar-refractivity contribution in [2.45, 2.75) is 56.9 Å². The molecule has 1 aromatic carbocycles. The summed E-state index contributed by atoms with van der Waals surface area (Å²) in [7, 11) is 1.62. The van der Waals surface area contributed by atoms with E-state index in [1.807, 2.05) is 18.2 Å². The number of hydrogen-bond acceptors (Lipinski definition) is 6. The maximum absolute atomic E-state index is 12.7. The summed E-state index contributed by atoms with van der Waals surface area (Å²) in [4.78, 5) is 24.2. The molecule has 1 amide bonds. The first-order valence-electron chi connectivity index (χ1n) is 10.2. The van der Waals surface area contributed by atoms with Crippen LogP contribution in [0.15, 0.2) is 29.6 Å². The third-order valence-corrected chi connectivity index (χ3v) is 7.59. The maximum Gasteiger partial charge on any atom is 0.234 e. The Labute approximate surface area is 185 Å². The van der Waals surface area contributed by atoms with Crippen molar-refractivity contribution in [3.8, 4) is 5.75 Å². The molecule has 5 nitrogen and oxygen atoms in total. The van der Waals surface area contributed by atoms with E-state index >= 15 is 0 Å². The first kappa shape index (κ1) is 21.1. The predicted octanol–water partition coefficient (Wildman–Crippen LogP) is 5.61. The van der Waals surface area contributed by atoms with Gasteiger partial charge in [-0.05, 0) is 54.4 Å². The van der Waals surface area contributed by atoms with Crippen molar-refractivity contribution in [3.63, 3.8) is 0 Å². The third kappa shape index (κ3) is 4.32. The van der Waals surface area contributed by atoms with Gasteiger partial charge in [0.2, 0.25) is 5.91 Å². The van der Waals surface area contributed by atoms with Crippen molar-refractivity contribution < 1.29 is 9.53 Å². The molecule has 2 heterocycles. The number of thioether (sulfide) groups is 1. The van der Waals surface area contributed by atoms with Gasteiger partial charge < -0.3 is 10.1 Å². The Hall–Kier alpha value is -2.12. The standard InChI is InChI=1S/C23H27N3O2S2/c1-23(2,3)14-9-10-17(28-4)16(11-14)26-19(27)12-29-21-20-15-7-5-6-8-18(15)30-22(20)25-13-24-21/h9-11,13H,5-8,12H2,1-4H3,(H,26,27). The number of aromatic nitrogens is 2. The molecule has 0 saturated heterocycles. The Morgan fingerprint density at radius 3 is 2.80 bits per heavy atom. The van der Waals surface area contributed by atoms with E-state index in [9.17, 15) is 4.79 Å². The monoisotopic (exact) mass is 441 g/mol. The molecule has 0 fully saturated rings. The smallest absolute Gasteiger partial charge is 0.234 e. The number of nitrogens with zero attached hydrogens (tertiary/aromatic N) is 2. The summed E-state index contributed by atoms with van der Waals surface area (Å²) in [5.41, 5.74) is 3.24. The summed E-state index contributed by atoms with van der Waals surface area (Å²) < 4.78 is 5.45. The lowest BCUT2D eigenvalue weighted by Crippen LogP contribution is -2.17. The lowest BCUT2D eigenvalue weighted by molar-refractivity contribution is -0.113. The van der Waals surface area contributed by atoms with Crippen molar-refractivity contribution >= 4 is 44.9 Å². The SMILES string of the molecule is COc1ccc(C(C)(C)C)cc1NC(=O)CSc1ncnc2sc3c(c12)CCCC3. The average Bonchev–Trinajstić information content (AvgIpc) is 3.11. The minimum Gasteiger partial charge on any atom is -0.495 e. The normalized spacial score (nSPS) is 13.9. The first-order chi connectivity index (χ1) is 14.4. The number of methoxy groups -OCH3 is 1. The fourth-order valence-electron chi connectivity index (χ4n) is 3.76. The van der Waals surface area contributed by atoms with E-state index in [0.29, 0.717) is 17.2 Å². The molecule has 4 rings (SSSR count). The van der Waals surface area contributed by atoms with Gasteiger partial charge in [-0.15, -0.1) is 11.3 Å². The second-order valence-corrected chi connectivity index (χ2v) is 10.6. The lowest BCUT2D eigenvalue weighted by atomic mass is 9.87. The number of thiophene rings is 1. The van der Waals surface area contributed by atoms with E-state index in [-0.39, 0.29) is 11.3 Å². The number of benzene rings is 1. The zero-order valence-electron chi connectivity index (χ0n) is 17.9. The summed E-state index contributed by atoms with van der Waals surface area (Å²) in [6.07, 6.45) is 6.28. The van der Waals surface area contributed by atoms with E-state index in [1.165, 1.54) is 35.0 Å². The molecule has 30 heavy (non-hydrogen) atoms. The number of ether oxygens (including phenoxy) is 1. The highest BCUT2D eigenvalue weighted by Gasteiger charge is 2.21. The van der Waals surface area contributed by atoms with Crippen molar-refractivity contribution in [2.75, 3.05) is 18.2 Å². The fourth-order valence-corrected chi connectivity index (χ4v) is 5.88. The zero-order chi connectivity index (χ0) is 21.3. The van der Waals surface area contributed by atoms with Gasteiger partial charge in [0, 0.05) is 10.3 Å². The highest BCUT2D eigenvalue weighted by molar-refractivity contribution is 8.00. The van der Waals surface area contributed by atoms with E-state index < -0.39 is 0 Å². The van der Waals surface area contributed by atoms with Crippen molar-refractivity contribution in [2.24, 2.45) is 0 Å². The largest absolute Gasteiger partial charge is 0.495 e. The fraction of sp³-hybridized carbons (Fsp3) is 0.435. The van der Waals surface area contributed by atoms with Crippen molar-refractivity contribution in [1.29, 1.82) is 0 Å². The Morgan fingerprint density at radius 2 is 2.03 bits per heavy atom.